The van der Waals surface area contributed by atoms with Crippen LogP contribution in [0.25, 0.3) is 5.57 Å². The van der Waals surface area contributed by atoms with Crippen molar-refractivity contribution < 1.29 is 4.74 Å². The lowest BCUT2D eigenvalue weighted by Crippen LogP contribution is -2.01. The summed E-state index contributed by atoms with van der Waals surface area (Å²) >= 11 is 0. The first kappa shape index (κ1) is 8.52. The third kappa shape index (κ3) is 1.52. The van der Waals surface area contributed by atoms with Crippen LogP contribution in [0.1, 0.15) is 25.0 Å². The summed E-state index contributed by atoms with van der Waals surface area (Å²) in [6, 6.07) is 8.45. The Morgan fingerprint density at radius 1 is 1.38 bits per heavy atom. The Balaban J connectivity index is 2.28. The number of benzene rings is 1. The number of rotatable bonds is 2. The van der Waals surface area contributed by atoms with E-state index in [4.69, 9.17) is 4.74 Å². The molecule has 13 heavy (non-hydrogen) atoms. The lowest BCUT2D eigenvalue weighted by Gasteiger charge is -2.06. The molecule has 1 atom stereocenters. The van der Waals surface area contributed by atoms with E-state index in [0.29, 0.717) is 0 Å². The van der Waals surface area contributed by atoms with Gasteiger partial charge in [0.1, 0.15) is 5.60 Å². The van der Waals surface area contributed by atoms with Gasteiger partial charge in [0.15, 0.2) is 0 Å². The van der Waals surface area contributed by atoms with Crippen molar-refractivity contribution in [1.29, 1.82) is 0 Å². The molecule has 0 spiro atoms. The molecule has 1 aliphatic rings. The van der Waals surface area contributed by atoms with Crippen LogP contribution in [-0.2, 0) is 10.3 Å². The number of allylic oxidation sites excluding steroid dienone is 1. The molecule has 1 nitrogen and oxygen atoms in total. The van der Waals surface area contributed by atoms with Crippen LogP contribution in [-0.4, -0.2) is 6.61 Å². The largest absolute Gasteiger partial charge is 0.365 e. The predicted octanol–water partition coefficient (Wildman–Crippen LogP) is 2.97. The van der Waals surface area contributed by atoms with Crippen molar-refractivity contribution >= 4 is 5.57 Å². The Hall–Kier alpha value is -1.08. The van der Waals surface area contributed by atoms with Gasteiger partial charge in [-0.3, -0.25) is 0 Å². The molecule has 0 amide bonds. The molecule has 0 aromatic heterocycles. The molecule has 0 N–H and O–H groups in total. The topological polar surface area (TPSA) is 12.5 Å². The standard InChI is InChI=1S/C12H14O/c1-9(2)10-4-6-11(7-5-10)12(3)8-13-12/h4-7H,1,8H2,2-3H3. The van der Waals surface area contributed by atoms with Crippen molar-refractivity contribution in [2.75, 3.05) is 6.61 Å². The van der Waals surface area contributed by atoms with Crippen LogP contribution < -0.4 is 0 Å². The van der Waals surface area contributed by atoms with Gasteiger partial charge in [-0.05, 0) is 25.0 Å². The van der Waals surface area contributed by atoms with Crippen molar-refractivity contribution in [3.63, 3.8) is 0 Å². The molecule has 0 saturated carbocycles. The minimum atomic E-state index is -0.00634. The van der Waals surface area contributed by atoms with Crippen LogP contribution in [0, 0.1) is 0 Å². The monoisotopic (exact) mass is 174 g/mol. The van der Waals surface area contributed by atoms with Crippen molar-refractivity contribution in [3.8, 4) is 0 Å². The van der Waals surface area contributed by atoms with Crippen LogP contribution in [0.15, 0.2) is 30.8 Å². The highest BCUT2D eigenvalue weighted by Crippen LogP contribution is 2.37. The molecule has 1 saturated heterocycles. The van der Waals surface area contributed by atoms with Gasteiger partial charge in [-0.15, -0.1) is 0 Å². The van der Waals surface area contributed by atoms with Crippen molar-refractivity contribution in [2.45, 2.75) is 19.4 Å². The molecule has 1 unspecified atom stereocenters. The molecular weight excluding hydrogens is 160 g/mol. The van der Waals surface area contributed by atoms with E-state index in [-0.39, 0.29) is 5.60 Å². The first-order valence-electron chi connectivity index (χ1n) is 4.52. The Kier molecular flexibility index (Phi) is 1.77. The zero-order chi connectivity index (χ0) is 9.47. The summed E-state index contributed by atoms with van der Waals surface area (Å²) < 4.78 is 5.36. The van der Waals surface area contributed by atoms with Gasteiger partial charge < -0.3 is 4.74 Å². The fraction of sp³-hybridized carbons (Fsp3) is 0.333. The molecule has 1 heteroatoms. The average molecular weight is 174 g/mol. The van der Waals surface area contributed by atoms with Crippen LogP contribution in [0.4, 0.5) is 0 Å². The summed E-state index contributed by atoms with van der Waals surface area (Å²) in [5, 5.41) is 0. The summed E-state index contributed by atoms with van der Waals surface area (Å²) in [4.78, 5) is 0. The number of hydrogen-bond acceptors (Lipinski definition) is 1. The highest BCUT2D eigenvalue weighted by molar-refractivity contribution is 5.61. The maximum atomic E-state index is 5.36. The van der Waals surface area contributed by atoms with Crippen LogP contribution in [0.5, 0.6) is 0 Å². The van der Waals surface area contributed by atoms with E-state index in [1.807, 2.05) is 6.92 Å². The summed E-state index contributed by atoms with van der Waals surface area (Å²) in [7, 11) is 0. The van der Waals surface area contributed by atoms with Gasteiger partial charge in [0.2, 0.25) is 0 Å². The van der Waals surface area contributed by atoms with Crippen LogP contribution >= 0.6 is 0 Å². The predicted molar refractivity (Wildman–Crippen MR) is 54.5 cm³/mol. The lowest BCUT2D eigenvalue weighted by molar-refractivity contribution is 0.329. The zero-order valence-corrected chi connectivity index (χ0v) is 8.13. The minimum absolute atomic E-state index is 0.00634. The Bertz CT molecular complexity index is 331. The van der Waals surface area contributed by atoms with Gasteiger partial charge >= 0.3 is 0 Å². The summed E-state index contributed by atoms with van der Waals surface area (Å²) in [6.45, 7) is 8.88. The van der Waals surface area contributed by atoms with Gasteiger partial charge in [-0.1, -0.05) is 36.4 Å². The van der Waals surface area contributed by atoms with Crippen LogP contribution in [0.2, 0.25) is 0 Å². The minimum Gasteiger partial charge on any atom is -0.365 e. The second-order valence-electron chi connectivity index (χ2n) is 3.88. The first-order chi connectivity index (χ1) is 6.12. The van der Waals surface area contributed by atoms with Crippen molar-refractivity contribution in [2.24, 2.45) is 0 Å². The highest BCUT2D eigenvalue weighted by Gasteiger charge is 2.40. The van der Waals surface area contributed by atoms with E-state index >= 15 is 0 Å². The molecule has 0 bridgehead atoms. The molecule has 2 rings (SSSR count). The quantitative estimate of drug-likeness (QED) is 0.628. The summed E-state index contributed by atoms with van der Waals surface area (Å²) in [5.74, 6) is 0. The molecule has 68 valence electrons. The zero-order valence-electron chi connectivity index (χ0n) is 8.13. The molecule has 0 aliphatic carbocycles. The average Bonchev–Trinajstić information content (AvgIpc) is 2.85. The van der Waals surface area contributed by atoms with E-state index in [2.05, 4.69) is 37.8 Å². The molecule has 0 radical (unpaired) electrons. The maximum Gasteiger partial charge on any atom is 0.114 e. The smallest absolute Gasteiger partial charge is 0.114 e. The number of epoxide rings is 1. The SMILES string of the molecule is C=C(C)c1ccc(C2(C)CO2)cc1. The van der Waals surface area contributed by atoms with Gasteiger partial charge in [0.25, 0.3) is 0 Å². The number of ether oxygens (including phenoxy) is 1. The van der Waals surface area contributed by atoms with Crippen molar-refractivity contribution in [1.82, 2.24) is 0 Å². The van der Waals surface area contributed by atoms with E-state index in [1.54, 1.807) is 0 Å². The molecule has 1 fully saturated rings. The van der Waals surface area contributed by atoms with Crippen LogP contribution in [0.3, 0.4) is 0 Å². The van der Waals surface area contributed by atoms with Gasteiger partial charge in [0, 0.05) is 0 Å². The molecule has 1 aromatic carbocycles. The first-order valence-corrected chi connectivity index (χ1v) is 4.52. The van der Waals surface area contributed by atoms with E-state index in [9.17, 15) is 0 Å². The number of hydrogen-bond donors (Lipinski definition) is 0. The third-order valence-electron chi connectivity index (χ3n) is 2.57. The molecule has 1 aromatic rings. The van der Waals surface area contributed by atoms with Gasteiger partial charge in [-0.2, -0.15) is 0 Å². The molecule has 1 aliphatic heterocycles. The Morgan fingerprint density at radius 2 is 1.92 bits per heavy atom. The highest BCUT2D eigenvalue weighted by atomic mass is 16.6. The van der Waals surface area contributed by atoms with Gasteiger partial charge in [0.05, 0.1) is 6.61 Å². The maximum absolute atomic E-state index is 5.36. The van der Waals surface area contributed by atoms with Gasteiger partial charge in [-0.25, -0.2) is 0 Å². The van der Waals surface area contributed by atoms with Crippen molar-refractivity contribution in [3.05, 3.63) is 42.0 Å². The lowest BCUT2D eigenvalue weighted by atomic mass is 9.99. The van der Waals surface area contributed by atoms with E-state index < -0.39 is 0 Å². The summed E-state index contributed by atoms with van der Waals surface area (Å²) in [6.07, 6.45) is 0. The second-order valence-corrected chi connectivity index (χ2v) is 3.88. The summed E-state index contributed by atoms with van der Waals surface area (Å²) in [5.41, 5.74) is 3.56. The fourth-order valence-electron chi connectivity index (χ4n) is 1.38. The van der Waals surface area contributed by atoms with E-state index in [0.717, 1.165) is 12.2 Å². The normalized spacial score (nSPS) is 25.7. The third-order valence-corrected chi connectivity index (χ3v) is 2.57. The fourth-order valence-corrected chi connectivity index (χ4v) is 1.38. The molecular formula is C12H14O. The molecule has 1 heterocycles. The van der Waals surface area contributed by atoms with E-state index in [1.165, 1.54) is 11.1 Å². The Morgan fingerprint density at radius 3 is 2.31 bits per heavy atom. The Labute approximate surface area is 79.0 Å². The second kappa shape index (κ2) is 2.71.